The van der Waals surface area contributed by atoms with E-state index in [4.69, 9.17) is 4.74 Å². The van der Waals surface area contributed by atoms with E-state index in [-0.39, 0.29) is 24.0 Å². The molecule has 0 spiro atoms. The van der Waals surface area contributed by atoms with Crippen LogP contribution in [0, 0.1) is 0 Å². The van der Waals surface area contributed by atoms with Gasteiger partial charge in [0, 0.05) is 17.3 Å². The van der Waals surface area contributed by atoms with Crippen LogP contribution in [0.2, 0.25) is 0 Å². The van der Waals surface area contributed by atoms with E-state index in [1.54, 1.807) is 54.6 Å². The van der Waals surface area contributed by atoms with E-state index in [9.17, 15) is 14.4 Å². The van der Waals surface area contributed by atoms with Gasteiger partial charge in [0.2, 0.25) is 11.9 Å². The number of hydrogen-bond acceptors (Lipinski definition) is 7. The lowest BCUT2D eigenvalue weighted by molar-refractivity contribution is -0.139. The number of esters is 1. The smallest absolute Gasteiger partial charge is 0.311 e. The van der Waals surface area contributed by atoms with Crippen LogP contribution in [-0.4, -0.2) is 34.9 Å². The van der Waals surface area contributed by atoms with Gasteiger partial charge >= 0.3 is 5.97 Å². The number of hydrogen-bond donors (Lipinski definition) is 3. The SMILES string of the molecule is COC(=O)Cc1cc(=O)[nH]c(/N=C(\NC(=O)c2ccccc2)Nc2ccc(Oc3ccccc3)cc2)n1. The quantitative estimate of drug-likeness (QED) is 0.201. The number of methoxy groups -OCH3 is 1. The summed E-state index contributed by atoms with van der Waals surface area (Å²) in [5.74, 6) is 0.230. The maximum Gasteiger partial charge on any atom is 0.311 e. The lowest BCUT2D eigenvalue weighted by atomic mass is 10.2. The van der Waals surface area contributed by atoms with Crippen LogP contribution in [0.3, 0.4) is 0 Å². The number of anilines is 1. The summed E-state index contributed by atoms with van der Waals surface area (Å²) in [6.07, 6.45) is -0.203. The lowest BCUT2D eigenvalue weighted by Crippen LogP contribution is -2.36. The monoisotopic (exact) mass is 497 g/mol. The maximum absolute atomic E-state index is 12.8. The van der Waals surface area contributed by atoms with Crippen LogP contribution < -0.4 is 20.9 Å². The van der Waals surface area contributed by atoms with Crippen molar-refractivity contribution in [3.05, 3.63) is 113 Å². The van der Waals surface area contributed by atoms with Gasteiger partial charge in [-0.15, -0.1) is 0 Å². The van der Waals surface area contributed by atoms with Crippen LogP contribution in [-0.2, 0) is 16.0 Å². The number of aliphatic imine (C=N–C) groups is 1. The second-order valence-electron chi connectivity index (χ2n) is 7.66. The first kappa shape index (κ1) is 24.9. The van der Waals surface area contributed by atoms with E-state index in [0.29, 0.717) is 22.7 Å². The highest BCUT2D eigenvalue weighted by atomic mass is 16.5. The molecule has 10 heteroatoms. The summed E-state index contributed by atoms with van der Waals surface area (Å²) >= 11 is 0. The second kappa shape index (κ2) is 11.9. The number of carbonyl (C=O) groups is 2. The number of aromatic amines is 1. The number of ether oxygens (including phenoxy) is 2. The molecule has 0 fully saturated rings. The molecule has 0 aliphatic heterocycles. The minimum Gasteiger partial charge on any atom is -0.469 e. The van der Waals surface area contributed by atoms with Gasteiger partial charge < -0.3 is 14.8 Å². The zero-order valence-corrected chi connectivity index (χ0v) is 19.8. The van der Waals surface area contributed by atoms with Crippen LogP contribution >= 0.6 is 0 Å². The minimum absolute atomic E-state index is 0.00366. The Balaban J connectivity index is 1.59. The molecular formula is C27H23N5O5. The zero-order chi connectivity index (χ0) is 26.0. The third-order valence-electron chi connectivity index (χ3n) is 4.92. The Hall–Kier alpha value is -5.25. The first-order chi connectivity index (χ1) is 18.0. The number of rotatable bonds is 7. The first-order valence-corrected chi connectivity index (χ1v) is 11.2. The van der Waals surface area contributed by atoms with Gasteiger partial charge in [0.15, 0.2) is 0 Å². The number of carbonyl (C=O) groups excluding carboxylic acids is 2. The number of para-hydroxylation sites is 1. The summed E-state index contributed by atoms with van der Waals surface area (Å²) in [6, 6.07) is 26.1. The van der Waals surface area contributed by atoms with Gasteiger partial charge in [-0.05, 0) is 48.5 Å². The predicted molar refractivity (Wildman–Crippen MR) is 138 cm³/mol. The van der Waals surface area contributed by atoms with Crippen LogP contribution in [0.5, 0.6) is 11.5 Å². The summed E-state index contributed by atoms with van der Waals surface area (Å²) in [5, 5.41) is 5.71. The molecule has 1 heterocycles. The van der Waals surface area contributed by atoms with Crippen LogP contribution in [0.25, 0.3) is 0 Å². The van der Waals surface area contributed by atoms with Gasteiger partial charge in [0.1, 0.15) is 11.5 Å². The van der Waals surface area contributed by atoms with Crippen molar-refractivity contribution in [3.8, 4) is 11.5 Å². The molecule has 0 atom stereocenters. The van der Waals surface area contributed by atoms with Crippen molar-refractivity contribution in [1.82, 2.24) is 15.3 Å². The van der Waals surface area contributed by atoms with E-state index < -0.39 is 17.4 Å². The Morgan fingerprint density at radius 3 is 2.24 bits per heavy atom. The molecule has 0 saturated heterocycles. The molecule has 10 nitrogen and oxygen atoms in total. The fraction of sp³-hybridized carbons (Fsp3) is 0.0741. The maximum atomic E-state index is 12.8. The molecule has 0 aliphatic rings. The molecule has 0 saturated carbocycles. The molecule has 1 aromatic heterocycles. The Morgan fingerprint density at radius 1 is 0.919 bits per heavy atom. The van der Waals surface area contributed by atoms with Gasteiger partial charge in [-0.3, -0.25) is 24.7 Å². The van der Waals surface area contributed by atoms with Gasteiger partial charge in [-0.2, -0.15) is 4.99 Å². The van der Waals surface area contributed by atoms with Crippen LogP contribution in [0.4, 0.5) is 11.6 Å². The Kier molecular flexibility index (Phi) is 8.02. The number of benzene rings is 3. The molecule has 4 rings (SSSR count). The molecule has 186 valence electrons. The van der Waals surface area contributed by atoms with Gasteiger partial charge in [0.25, 0.3) is 11.5 Å². The van der Waals surface area contributed by atoms with E-state index in [1.165, 1.54) is 13.2 Å². The largest absolute Gasteiger partial charge is 0.469 e. The average molecular weight is 498 g/mol. The van der Waals surface area contributed by atoms with Gasteiger partial charge in [-0.25, -0.2) is 4.98 Å². The lowest BCUT2D eigenvalue weighted by Gasteiger charge is -2.12. The average Bonchev–Trinajstić information content (AvgIpc) is 2.90. The number of nitrogens with one attached hydrogen (secondary N) is 3. The zero-order valence-electron chi connectivity index (χ0n) is 19.8. The van der Waals surface area contributed by atoms with Crippen molar-refractivity contribution in [2.24, 2.45) is 4.99 Å². The number of H-pyrrole nitrogens is 1. The molecule has 37 heavy (non-hydrogen) atoms. The van der Waals surface area contributed by atoms with Crippen molar-refractivity contribution in [3.63, 3.8) is 0 Å². The summed E-state index contributed by atoms with van der Waals surface area (Å²) in [7, 11) is 1.24. The molecular weight excluding hydrogens is 474 g/mol. The number of amides is 1. The highest BCUT2D eigenvalue weighted by molar-refractivity contribution is 6.10. The number of aromatic nitrogens is 2. The van der Waals surface area contributed by atoms with Crippen molar-refractivity contribution in [2.45, 2.75) is 6.42 Å². The molecule has 0 unspecified atom stereocenters. The fourth-order valence-electron chi connectivity index (χ4n) is 3.19. The molecule has 3 aromatic carbocycles. The van der Waals surface area contributed by atoms with Crippen molar-refractivity contribution in [1.29, 1.82) is 0 Å². The number of guanidine groups is 1. The van der Waals surface area contributed by atoms with Crippen molar-refractivity contribution < 1.29 is 19.1 Å². The molecule has 0 bridgehead atoms. The Labute approximate surface area is 212 Å². The molecule has 0 radical (unpaired) electrons. The topological polar surface area (TPSA) is 135 Å². The van der Waals surface area contributed by atoms with E-state index in [1.807, 2.05) is 30.3 Å². The number of nitrogens with zero attached hydrogens (tertiary/aromatic N) is 2. The van der Waals surface area contributed by atoms with Crippen molar-refractivity contribution in [2.75, 3.05) is 12.4 Å². The Morgan fingerprint density at radius 2 is 1.57 bits per heavy atom. The minimum atomic E-state index is -0.554. The third-order valence-corrected chi connectivity index (χ3v) is 4.92. The Bertz CT molecular complexity index is 1450. The summed E-state index contributed by atoms with van der Waals surface area (Å²) in [6.45, 7) is 0. The fourth-order valence-corrected chi connectivity index (χ4v) is 3.19. The molecule has 4 aromatic rings. The van der Waals surface area contributed by atoms with Crippen LogP contribution in [0.1, 0.15) is 16.1 Å². The molecule has 3 N–H and O–H groups in total. The normalized spacial score (nSPS) is 10.9. The predicted octanol–water partition coefficient (Wildman–Crippen LogP) is 3.81. The summed E-state index contributed by atoms with van der Waals surface area (Å²) in [5.41, 5.74) is 0.652. The highest BCUT2D eigenvalue weighted by Gasteiger charge is 2.12. The second-order valence-corrected chi connectivity index (χ2v) is 7.66. The van der Waals surface area contributed by atoms with Gasteiger partial charge in [0.05, 0.1) is 19.2 Å². The van der Waals surface area contributed by atoms with E-state index >= 15 is 0 Å². The summed E-state index contributed by atoms with van der Waals surface area (Å²) in [4.78, 5) is 47.5. The summed E-state index contributed by atoms with van der Waals surface area (Å²) < 4.78 is 10.4. The first-order valence-electron chi connectivity index (χ1n) is 11.2. The molecule has 1 amide bonds. The van der Waals surface area contributed by atoms with Gasteiger partial charge in [-0.1, -0.05) is 36.4 Å². The third kappa shape index (κ3) is 7.36. The van der Waals surface area contributed by atoms with E-state index in [0.717, 1.165) is 0 Å². The van der Waals surface area contributed by atoms with Crippen LogP contribution in [0.15, 0.2) is 101 Å². The standard InChI is InChI=1S/C27H23N5O5/c1-36-24(34)17-20-16-23(33)30-26(29-20)32-27(31-25(35)18-8-4-2-5-9-18)28-19-12-14-22(15-13-19)37-21-10-6-3-7-11-21/h2-16H,17H2,1H3,(H3,28,29,30,31,32,33,35). The molecule has 0 aliphatic carbocycles. The van der Waals surface area contributed by atoms with E-state index in [2.05, 4.69) is 30.3 Å². The van der Waals surface area contributed by atoms with Crippen molar-refractivity contribution >= 4 is 29.5 Å². The highest BCUT2D eigenvalue weighted by Crippen LogP contribution is 2.22.